The average molecular weight is 435 g/mol. The van der Waals surface area contributed by atoms with Crippen LogP contribution in [0.2, 0.25) is 0 Å². The minimum Gasteiger partial charge on any atom is -0.458 e. The number of benzene rings is 1. The number of esters is 1. The molecule has 0 fully saturated rings. The number of cyclic esters (lactones) is 1. The van der Waals surface area contributed by atoms with Gasteiger partial charge < -0.3 is 29.6 Å². The number of aliphatic hydroxyl groups is 1. The van der Waals surface area contributed by atoms with Crippen molar-refractivity contribution in [1.82, 2.24) is 9.55 Å². The Hall–Kier alpha value is -3.59. The van der Waals surface area contributed by atoms with Crippen LogP contribution in [-0.2, 0) is 29.1 Å². The smallest absolute Gasteiger partial charge is 0.340 e. The molecule has 0 saturated carbocycles. The van der Waals surface area contributed by atoms with Crippen LogP contribution >= 0.6 is 0 Å². The molecular formula is C23H21N3O6. The Morgan fingerprint density at radius 2 is 2.06 bits per heavy atom. The SMILES string of the molecule is CCCCc1c2c(nc3cc4c(c(N)c13)OCO4)-c1cc3c(c(=O)n1C2)COC(=O)C3O. The predicted octanol–water partition coefficient (Wildman–Crippen LogP) is 2.17. The van der Waals surface area contributed by atoms with E-state index < -0.39 is 12.1 Å². The lowest BCUT2D eigenvalue weighted by Crippen LogP contribution is -2.32. The number of nitrogens with zero attached hydrogens (tertiary/aromatic N) is 2. The van der Waals surface area contributed by atoms with Gasteiger partial charge in [0.1, 0.15) is 6.61 Å². The molecule has 3 aromatic rings. The van der Waals surface area contributed by atoms with Gasteiger partial charge in [-0.05, 0) is 24.5 Å². The van der Waals surface area contributed by atoms with Gasteiger partial charge in [-0.25, -0.2) is 9.78 Å². The molecule has 3 aliphatic rings. The lowest BCUT2D eigenvalue weighted by atomic mass is 9.94. The van der Waals surface area contributed by atoms with E-state index in [2.05, 4.69) is 6.92 Å². The third-order valence-electron chi connectivity index (χ3n) is 6.51. The number of aromatic nitrogens is 2. The first-order chi connectivity index (χ1) is 15.5. The fourth-order valence-corrected chi connectivity index (χ4v) is 4.91. The van der Waals surface area contributed by atoms with Gasteiger partial charge in [-0.3, -0.25) is 4.79 Å². The molecule has 0 spiro atoms. The lowest BCUT2D eigenvalue weighted by Gasteiger charge is -2.21. The number of rotatable bonds is 3. The molecule has 0 amide bonds. The Balaban J connectivity index is 1.65. The van der Waals surface area contributed by atoms with E-state index in [1.165, 1.54) is 0 Å². The van der Waals surface area contributed by atoms with Crippen LogP contribution in [0.3, 0.4) is 0 Å². The number of pyridine rings is 2. The van der Waals surface area contributed by atoms with Crippen molar-refractivity contribution in [3.05, 3.63) is 44.7 Å². The molecule has 0 bridgehead atoms. The second kappa shape index (κ2) is 6.70. The number of aliphatic hydroxyl groups excluding tert-OH is 1. The van der Waals surface area contributed by atoms with Crippen LogP contribution in [0.5, 0.6) is 11.5 Å². The zero-order chi connectivity index (χ0) is 22.1. The standard InChI is InChI=1S/C23H21N3O6/c1-2-3-4-10-12-7-26-15(5-11-13(22(26)28)8-30-23(29)20(11)27)19(12)25-14-6-16-21(32-9-31-16)18(24)17(10)14/h5-6,20,27H,2-4,7-9,24H2,1H3. The van der Waals surface area contributed by atoms with Gasteiger partial charge in [0.25, 0.3) is 5.56 Å². The maximum Gasteiger partial charge on any atom is 0.340 e. The van der Waals surface area contributed by atoms with Gasteiger partial charge in [0.05, 0.1) is 34.7 Å². The molecule has 1 atom stereocenters. The van der Waals surface area contributed by atoms with Gasteiger partial charge in [-0.15, -0.1) is 0 Å². The van der Waals surface area contributed by atoms with Crippen LogP contribution in [0, 0.1) is 0 Å². The lowest BCUT2D eigenvalue weighted by molar-refractivity contribution is -0.157. The van der Waals surface area contributed by atoms with Crippen LogP contribution in [0.4, 0.5) is 5.69 Å². The quantitative estimate of drug-likeness (QED) is 0.370. The van der Waals surface area contributed by atoms with Crippen LogP contribution in [0.1, 0.15) is 48.1 Å². The highest BCUT2D eigenvalue weighted by molar-refractivity contribution is 6.01. The summed E-state index contributed by atoms with van der Waals surface area (Å²) in [5.41, 5.74) is 11.2. The fraction of sp³-hybridized carbons (Fsp3) is 0.348. The Kier molecular flexibility index (Phi) is 4.00. The van der Waals surface area contributed by atoms with E-state index in [4.69, 9.17) is 24.9 Å². The molecule has 6 rings (SSSR count). The average Bonchev–Trinajstić information content (AvgIpc) is 3.40. The second-order valence-corrected chi connectivity index (χ2v) is 8.30. The van der Waals surface area contributed by atoms with Crippen molar-refractivity contribution in [2.75, 3.05) is 12.5 Å². The third-order valence-corrected chi connectivity index (χ3v) is 6.51. The number of hydrogen-bond acceptors (Lipinski definition) is 8. The topological polar surface area (TPSA) is 126 Å². The summed E-state index contributed by atoms with van der Waals surface area (Å²) in [4.78, 5) is 30.0. The first kappa shape index (κ1) is 19.1. The molecule has 1 unspecified atom stereocenters. The van der Waals surface area contributed by atoms with Crippen molar-refractivity contribution in [3.63, 3.8) is 0 Å². The molecule has 3 aliphatic heterocycles. The maximum atomic E-state index is 13.2. The fourth-order valence-electron chi connectivity index (χ4n) is 4.91. The number of aryl methyl sites for hydroxylation is 1. The van der Waals surface area contributed by atoms with Crippen molar-refractivity contribution < 1.29 is 24.1 Å². The highest BCUT2D eigenvalue weighted by atomic mass is 16.7. The van der Waals surface area contributed by atoms with Crippen molar-refractivity contribution in [3.8, 4) is 22.9 Å². The molecule has 164 valence electrons. The maximum absolute atomic E-state index is 13.2. The summed E-state index contributed by atoms with van der Waals surface area (Å²) in [6, 6.07) is 3.50. The third kappa shape index (κ3) is 2.45. The monoisotopic (exact) mass is 435 g/mol. The summed E-state index contributed by atoms with van der Waals surface area (Å²) in [5, 5.41) is 11.2. The van der Waals surface area contributed by atoms with Gasteiger partial charge in [0.2, 0.25) is 6.79 Å². The predicted molar refractivity (Wildman–Crippen MR) is 114 cm³/mol. The molecule has 0 aliphatic carbocycles. The van der Waals surface area contributed by atoms with Crippen molar-refractivity contribution in [1.29, 1.82) is 0 Å². The Morgan fingerprint density at radius 1 is 1.22 bits per heavy atom. The summed E-state index contributed by atoms with van der Waals surface area (Å²) < 4.78 is 17.7. The number of unbranched alkanes of at least 4 members (excludes halogenated alkanes) is 1. The first-order valence-corrected chi connectivity index (χ1v) is 10.6. The largest absolute Gasteiger partial charge is 0.458 e. The second-order valence-electron chi connectivity index (χ2n) is 8.30. The highest BCUT2D eigenvalue weighted by Gasteiger charge is 2.35. The van der Waals surface area contributed by atoms with E-state index in [-0.39, 0.29) is 24.5 Å². The van der Waals surface area contributed by atoms with Crippen LogP contribution in [-0.4, -0.2) is 27.4 Å². The molecule has 5 heterocycles. The number of anilines is 1. The van der Waals surface area contributed by atoms with Gasteiger partial charge in [-0.1, -0.05) is 13.3 Å². The number of fused-ring (bicyclic) bond motifs is 6. The highest BCUT2D eigenvalue weighted by Crippen LogP contribution is 2.47. The molecule has 9 nitrogen and oxygen atoms in total. The number of hydrogen-bond donors (Lipinski definition) is 2. The Bertz CT molecular complexity index is 1390. The summed E-state index contributed by atoms with van der Waals surface area (Å²) in [5.74, 6) is 0.317. The normalized spacial score (nSPS) is 17.8. The van der Waals surface area contributed by atoms with Crippen LogP contribution < -0.4 is 20.8 Å². The minimum absolute atomic E-state index is 0.109. The Morgan fingerprint density at radius 3 is 2.88 bits per heavy atom. The van der Waals surface area contributed by atoms with Crippen molar-refractivity contribution >= 4 is 22.6 Å². The number of ether oxygens (including phenoxy) is 3. The molecule has 9 heteroatoms. The Labute approximate surface area is 182 Å². The molecule has 0 radical (unpaired) electrons. The summed E-state index contributed by atoms with van der Waals surface area (Å²) in [6.45, 7) is 2.43. The summed E-state index contributed by atoms with van der Waals surface area (Å²) >= 11 is 0. The number of carbonyl (C=O) groups is 1. The van der Waals surface area contributed by atoms with Gasteiger partial charge >= 0.3 is 5.97 Å². The number of nitrogens with two attached hydrogens (primary N) is 1. The van der Waals surface area contributed by atoms with Gasteiger partial charge in [0, 0.05) is 22.6 Å². The van der Waals surface area contributed by atoms with E-state index in [1.54, 1.807) is 10.6 Å². The van der Waals surface area contributed by atoms with E-state index in [9.17, 15) is 14.7 Å². The van der Waals surface area contributed by atoms with Crippen molar-refractivity contribution in [2.45, 2.75) is 45.4 Å². The summed E-state index contributed by atoms with van der Waals surface area (Å²) in [7, 11) is 0. The van der Waals surface area contributed by atoms with Crippen LogP contribution in [0.25, 0.3) is 22.3 Å². The molecule has 1 aromatic carbocycles. The summed E-state index contributed by atoms with van der Waals surface area (Å²) in [6.07, 6.45) is 1.23. The van der Waals surface area contributed by atoms with E-state index in [0.717, 1.165) is 35.8 Å². The van der Waals surface area contributed by atoms with E-state index in [1.807, 2.05) is 6.07 Å². The molecule has 2 aromatic heterocycles. The molecule has 0 saturated heterocycles. The van der Waals surface area contributed by atoms with Gasteiger partial charge in [0.15, 0.2) is 17.6 Å². The number of nitrogen functional groups attached to an aromatic ring is 1. The number of carbonyl (C=O) groups excluding carboxylic acids is 1. The molecule has 3 N–H and O–H groups in total. The van der Waals surface area contributed by atoms with Crippen LogP contribution in [0.15, 0.2) is 16.9 Å². The van der Waals surface area contributed by atoms with E-state index in [0.29, 0.717) is 46.2 Å². The zero-order valence-electron chi connectivity index (χ0n) is 17.4. The van der Waals surface area contributed by atoms with Crippen molar-refractivity contribution in [2.24, 2.45) is 0 Å². The first-order valence-electron chi connectivity index (χ1n) is 10.6. The molecular weight excluding hydrogens is 414 g/mol. The molecule has 32 heavy (non-hydrogen) atoms. The van der Waals surface area contributed by atoms with Gasteiger partial charge in [-0.2, -0.15) is 0 Å². The van der Waals surface area contributed by atoms with E-state index >= 15 is 0 Å². The zero-order valence-corrected chi connectivity index (χ0v) is 17.4. The minimum atomic E-state index is -1.48.